The molecule has 8 nitrogen and oxygen atoms in total. The first-order valence-corrected chi connectivity index (χ1v) is 9.47. The molecule has 142 valence electrons. The molecule has 2 aromatic heterocycles. The molecule has 4 heterocycles. The van der Waals surface area contributed by atoms with Crippen molar-refractivity contribution in [2.45, 2.75) is 39.2 Å². The van der Waals surface area contributed by atoms with Gasteiger partial charge in [0.05, 0.1) is 11.7 Å². The fourth-order valence-corrected chi connectivity index (χ4v) is 3.84. The lowest BCUT2D eigenvalue weighted by Gasteiger charge is -2.39. The predicted octanol–water partition coefficient (Wildman–Crippen LogP) is 1.61. The SMILES string of the molecule is Cc1cc(C)n(C2CN(C(=O)c3nccnc3C(=O)N3CCCCC3)C2)n1. The Morgan fingerprint density at radius 3 is 2.07 bits per heavy atom. The van der Waals surface area contributed by atoms with Crippen molar-refractivity contribution >= 4 is 11.8 Å². The number of hydrogen-bond acceptors (Lipinski definition) is 5. The number of amides is 2. The minimum Gasteiger partial charge on any atom is -0.337 e. The Balaban J connectivity index is 1.48. The van der Waals surface area contributed by atoms with E-state index in [4.69, 9.17) is 0 Å². The van der Waals surface area contributed by atoms with Gasteiger partial charge >= 0.3 is 0 Å². The van der Waals surface area contributed by atoms with Crippen LogP contribution in [-0.2, 0) is 0 Å². The first-order chi connectivity index (χ1) is 13.0. The number of rotatable bonds is 3. The Morgan fingerprint density at radius 1 is 0.926 bits per heavy atom. The van der Waals surface area contributed by atoms with Gasteiger partial charge in [-0.05, 0) is 39.2 Å². The third kappa shape index (κ3) is 3.31. The second kappa shape index (κ2) is 7.09. The molecule has 0 radical (unpaired) electrons. The van der Waals surface area contributed by atoms with Crippen LogP contribution in [0, 0.1) is 13.8 Å². The van der Waals surface area contributed by atoms with Crippen LogP contribution < -0.4 is 0 Å². The predicted molar refractivity (Wildman–Crippen MR) is 98.4 cm³/mol. The number of likely N-dealkylation sites (tertiary alicyclic amines) is 2. The van der Waals surface area contributed by atoms with Crippen molar-refractivity contribution in [2.24, 2.45) is 0 Å². The van der Waals surface area contributed by atoms with Crippen molar-refractivity contribution in [3.8, 4) is 0 Å². The van der Waals surface area contributed by atoms with Crippen LogP contribution in [-0.4, -0.2) is 67.5 Å². The lowest BCUT2D eigenvalue weighted by Crippen LogP contribution is -2.52. The van der Waals surface area contributed by atoms with Gasteiger partial charge in [0, 0.05) is 44.3 Å². The number of carbonyl (C=O) groups excluding carboxylic acids is 2. The zero-order valence-electron chi connectivity index (χ0n) is 15.8. The lowest BCUT2D eigenvalue weighted by molar-refractivity contribution is 0.0483. The summed E-state index contributed by atoms with van der Waals surface area (Å²) in [7, 11) is 0. The number of aromatic nitrogens is 4. The third-order valence-corrected chi connectivity index (χ3v) is 5.29. The lowest BCUT2D eigenvalue weighted by atomic mass is 10.1. The summed E-state index contributed by atoms with van der Waals surface area (Å²) in [5.74, 6) is -0.428. The quantitative estimate of drug-likeness (QED) is 0.822. The molecule has 0 bridgehead atoms. The zero-order chi connectivity index (χ0) is 19.0. The van der Waals surface area contributed by atoms with Crippen LogP contribution >= 0.6 is 0 Å². The third-order valence-electron chi connectivity index (χ3n) is 5.29. The van der Waals surface area contributed by atoms with Gasteiger partial charge in [0.2, 0.25) is 0 Å². The van der Waals surface area contributed by atoms with Crippen molar-refractivity contribution in [3.63, 3.8) is 0 Å². The molecule has 0 saturated carbocycles. The summed E-state index contributed by atoms with van der Waals surface area (Å²) in [6.45, 7) is 6.54. The summed E-state index contributed by atoms with van der Waals surface area (Å²) in [5.41, 5.74) is 2.38. The molecular formula is C19H24N6O2. The molecule has 2 fully saturated rings. The highest BCUT2D eigenvalue weighted by Gasteiger charge is 2.36. The van der Waals surface area contributed by atoms with Crippen molar-refractivity contribution in [2.75, 3.05) is 26.2 Å². The normalized spacial score (nSPS) is 17.7. The van der Waals surface area contributed by atoms with Gasteiger partial charge in [0.25, 0.3) is 11.8 Å². The van der Waals surface area contributed by atoms with E-state index < -0.39 is 0 Å². The summed E-state index contributed by atoms with van der Waals surface area (Å²) in [6, 6.07) is 2.20. The van der Waals surface area contributed by atoms with E-state index >= 15 is 0 Å². The Bertz CT molecular complexity index is 865. The van der Waals surface area contributed by atoms with Gasteiger partial charge < -0.3 is 9.80 Å². The van der Waals surface area contributed by atoms with Crippen molar-refractivity contribution in [1.82, 2.24) is 29.5 Å². The molecule has 27 heavy (non-hydrogen) atoms. The zero-order valence-corrected chi connectivity index (χ0v) is 15.8. The van der Waals surface area contributed by atoms with Gasteiger partial charge in [0.15, 0.2) is 11.4 Å². The average Bonchev–Trinajstić information content (AvgIpc) is 2.98. The number of nitrogens with zero attached hydrogens (tertiary/aromatic N) is 6. The van der Waals surface area contributed by atoms with Crippen LogP contribution in [0.25, 0.3) is 0 Å². The maximum atomic E-state index is 12.9. The molecule has 2 aliphatic heterocycles. The van der Waals surface area contributed by atoms with Crippen molar-refractivity contribution < 1.29 is 9.59 Å². The van der Waals surface area contributed by atoms with Gasteiger partial charge in [-0.25, -0.2) is 9.97 Å². The number of aryl methyl sites for hydroxylation is 2. The highest BCUT2D eigenvalue weighted by atomic mass is 16.2. The molecule has 4 rings (SSSR count). The van der Waals surface area contributed by atoms with Crippen LogP contribution in [0.5, 0.6) is 0 Å². The van der Waals surface area contributed by atoms with Gasteiger partial charge in [-0.2, -0.15) is 5.10 Å². The van der Waals surface area contributed by atoms with Gasteiger partial charge in [-0.3, -0.25) is 14.3 Å². The summed E-state index contributed by atoms with van der Waals surface area (Å²) in [6.07, 6.45) is 6.07. The molecule has 0 aromatic carbocycles. The van der Waals surface area contributed by atoms with E-state index in [1.54, 1.807) is 9.80 Å². The molecule has 2 amide bonds. The smallest absolute Gasteiger partial charge is 0.275 e. The van der Waals surface area contributed by atoms with Gasteiger partial charge in [-0.15, -0.1) is 0 Å². The molecule has 2 aliphatic rings. The number of carbonyl (C=O) groups is 2. The van der Waals surface area contributed by atoms with Crippen molar-refractivity contribution in [1.29, 1.82) is 0 Å². The highest BCUT2D eigenvalue weighted by molar-refractivity contribution is 6.04. The number of hydrogen-bond donors (Lipinski definition) is 0. The van der Waals surface area contributed by atoms with Crippen LogP contribution in [0.4, 0.5) is 0 Å². The van der Waals surface area contributed by atoms with Crippen LogP contribution in [0.1, 0.15) is 57.7 Å². The topological polar surface area (TPSA) is 84.2 Å². The van der Waals surface area contributed by atoms with E-state index in [9.17, 15) is 9.59 Å². The maximum Gasteiger partial charge on any atom is 0.275 e. The van der Waals surface area contributed by atoms with E-state index in [1.807, 2.05) is 24.6 Å². The maximum absolute atomic E-state index is 12.9. The molecule has 0 N–H and O–H groups in total. The molecular weight excluding hydrogens is 344 g/mol. The standard InChI is InChI=1S/C19H24N6O2/c1-13-10-14(2)25(22-13)15-11-24(12-15)19(27)17-16(20-6-7-21-17)18(26)23-8-4-3-5-9-23/h6-7,10,15H,3-5,8-9,11-12H2,1-2H3. The van der Waals surface area contributed by atoms with E-state index in [2.05, 4.69) is 15.1 Å². The number of piperidine rings is 1. The molecule has 2 saturated heterocycles. The highest BCUT2D eigenvalue weighted by Crippen LogP contribution is 2.25. The summed E-state index contributed by atoms with van der Waals surface area (Å²) in [4.78, 5) is 37.6. The summed E-state index contributed by atoms with van der Waals surface area (Å²) in [5, 5.41) is 4.50. The molecule has 2 aromatic rings. The minimum atomic E-state index is -0.235. The Morgan fingerprint density at radius 2 is 1.52 bits per heavy atom. The minimum absolute atomic E-state index is 0.153. The van der Waals surface area contributed by atoms with Crippen LogP contribution in [0.15, 0.2) is 18.5 Å². The van der Waals surface area contributed by atoms with Gasteiger partial charge in [-0.1, -0.05) is 0 Å². The largest absolute Gasteiger partial charge is 0.337 e. The molecule has 0 unspecified atom stereocenters. The van der Waals surface area contributed by atoms with E-state index in [-0.39, 0.29) is 29.2 Å². The fraction of sp³-hybridized carbons (Fsp3) is 0.526. The van der Waals surface area contributed by atoms with Crippen LogP contribution in [0.3, 0.4) is 0 Å². The molecule has 0 atom stereocenters. The Hall–Kier alpha value is -2.77. The molecule has 8 heteroatoms. The fourth-order valence-electron chi connectivity index (χ4n) is 3.84. The Labute approximate surface area is 158 Å². The van der Waals surface area contributed by atoms with E-state index in [0.717, 1.165) is 30.7 Å². The van der Waals surface area contributed by atoms with Crippen LogP contribution in [0.2, 0.25) is 0 Å². The second-order valence-electron chi connectivity index (χ2n) is 7.34. The van der Waals surface area contributed by atoms with E-state index in [1.165, 1.54) is 12.4 Å². The summed E-state index contributed by atoms with van der Waals surface area (Å²) >= 11 is 0. The average molecular weight is 368 g/mol. The summed E-state index contributed by atoms with van der Waals surface area (Å²) < 4.78 is 1.97. The molecule has 0 spiro atoms. The first-order valence-electron chi connectivity index (χ1n) is 9.47. The van der Waals surface area contributed by atoms with Crippen molar-refractivity contribution in [3.05, 3.63) is 41.2 Å². The first kappa shape index (κ1) is 17.6. The Kier molecular flexibility index (Phi) is 4.63. The second-order valence-corrected chi connectivity index (χ2v) is 7.34. The molecule has 0 aliphatic carbocycles. The van der Waals surface area contributed by atoms with Gasteiger partial charge in [0.1, 0.15) is 0 Å². The van der Waals surface area contributed by atoms with E-state index in [0.29, 0.717) is 26.2 Å². The monoisotopic (exact) mass is 368 g/mol.